The Morgan fingerprint density at radius 1 is 1.53 bits per heavy atom. The molecule has 2 unspecified atom stereocenters. The van der Waals surface area contributed by atoms with Crippen LogP contribution in [0.5, 0.6) is 0 Å². The van der Waals surface area contributed by atoms with Crippen molar-refractivity contribution in [3.8, 4) is 0 Å². The Morgan fingerprint density at radius 2 is 2.35 bits per heavy atom. The number of hydrogen-bond acceptors (Lipinski definition) is 3. The van der Waals surface area contributed by atoms with Gasteiger partial charge in [0.2, 0.25) is 0 Å². The van der Waals surface area contributed by atoms with Crippen molar-refractivity contribution >= 4 is 15.9 Å². The Morgan fingerprint density at radius 3 is 3.00 bits per heavy atom. The van der Waals surface area contributed by atoms with Crippen LogP contribution >= 0.6 is 15.9 Å². The molecule has 1 saturated heterocycles. The Hall–Kier alpha value is -0.420. The van der Waals surface area contributed by atoms with E-state index in [-0.39, 0.29) is 0 Å². The third-order valence-corrected chi connectivity index (χ3v) is 3.96. The summed E-state index contributed by atoms with van der Waals surface area (Å²) in [5, 5.41) is 6.91. The quantitative estimate of drug-likeness (QED) is 0.888. The van der Waals surface area contributed by atoms with E-state index in [1.807, 2.05) is 7.05 Å². The summed E-state index contributed by atoms with van der Waals surface area (Å²) in [5.74, 6) is 0. The molecule has 0 amide bonds. The van der Waals surface area contributed by atoms with Crippen LogP contribution in [0.1, 0.15) is 11.6 Å². The molecule has 0 spiro atoms. The second-order valence-electron chi connectivity index (χ2n) is 4.57. The highest BCUT2D eigenvalue weighted by molar-refractivity contribution is 9.10. The predicted molar refractivity (Wildman–Crippen MR) is 75.2 cm³/mol. The molecule has 1 aliphatic rings. The number of likely N-dealkylation sites (N-methyl/N-ethyl adjacent to an activating group) is 2. The molecule has 3 nitrogen and oxygen atoms in total. The van der Waals surface area contributed by atoms with E-state index in [9.17, 15) is 0 Å². The largest absolute Gasteiger partial charge is 0.314 e. The second kappa shape index (κ2) is 5.96. The summed E-state index contributed by atoms with van der Waals surface area (Å²) < 4.78 is 1.14. The van der Waals surface area contributed by atoms with E-state index < -0.39 is 0 Å². The lowest BCUT2D eigenvalue weighted by molar-refractivity contribution is 0.162. The summed E-state index contributed by atoms with van der Waals surface area (Å²) >= 11 is 3.54. The van der Waals surface area contributed by atoms with E-state index in [0.29, 0.717) is 12.1 Å². The highest BCUT2D eigenvalue weighted by atomic mass is 79.9. The zero-order chi connectivity index (χ0) is 12.3. The zero-order valence-electron chi connectivity index (χ0n) is 10.4. The highest BCUT2D eigenvalue weighted by Gasteiger charge is 2.27. The molecule has 1 fully saturated rings. The first-order valence-electron chi connectivity index (χ1n) is 6.06. The summed E-state index contributed by atoms with van der Waals surface area (Å²) in [6.45, 7) is 3.23. The van der Waals surface area contributed by atoms with Crippen LogP contribution in [0.25, 0.3) is 0 Å². The number of rotatable bonds is 3. The highest BCUT2D eigenvalue weighted by Crippen LogP contribution is 2.23. The molecule has 0 bridgehead atoms. The van der Waals surface area contributed by atoms with Crippen molar-refractivity contribution in [3.63, 3.8) is 0 Å². The molecule has 0 saturated carbocycles. The molecular formula is C13H20BrN3. The van der Waals surface area contributed by atoms with Gasteiger partial charge in [0.25, 0.3) is 0 Å². The predicted octanol–water partition coefficient (Wildman–Crippen LogP) is 1.61. The molecule has 0 aliphatic carbocycles. The van der Waals surface area contributed by atoms with Crippen LogP contribution in [0.4, 0.5) is 0 Å². The summed E-state index contributed by atoms with van der Waals surface area (Å²) in [7, 11) is 4.24. The van der Waals surface area contributed by atoms with Gasteiger partial charge in [-0.2, -0.15) is 0 Å². The van der Waals surface area contributed by atoms with E-state index in [1.165, 1.54) is 5.56 Å². The van der Waals surface area contributed by atoms with Crippen molar-refractivity contribution < 1.29 is 0 Å². The minimum atomic E-state index is 0.366. The van der Waals surface area contributed by atoms with Gasteiger partial charge in [-0.1, -0.05) is 28.1 Å². The fourth-order valence-electron chi connectivity index (χ4n) is 2.48. The van der Waals surface area contributed by atoms with Crippen molar-refractivity contribution in [3.05, 3.63) is 34.3 Å². The Labute approximate surface area is 112 Å². The number of nitrogens with zero attached hydrogens (tertiary/aromatic N) is 1. The molecule has 1 heterocycles. The molecule has 2 atom stereocenters. The maximum absolute atomic E-state index is 3.54. The minimum Gasteiger partial charge on any atom is -0.314 e. The van der Waals surface area contributed by atoms with E-state index in [0.717, 1.165) is 24.1 Å². The minimum absolute atomic E-state index is 0.366. The number of halogens is 1. The molecule has 4 heteroatoms. The standard InChI is InChI=1S/C13H20BrN3/c1-15-13(10-4-3-5-11(14)8-10)12-9-16-6-7-17(12)2/h3-5,8,12-13,15-16H,6-7,9H2,1-2H3. The fourth-order valence-corrected chi connectivity index (χ4v) is 2.90. The average molecular weight is 298 g/mol. The fraction of sp³-hybridized carbons (Fsp3) is 0.538. The molecule has 2 rings (SSSR count). The first-order chi connectivity index (χ1) is 8.22. The second-order valence-corrected chi connectivity index (χ2v) is 5.49. The molecule has 94 valence electrons. The molecule has 17 heavy (non-hydrogen) atoms. The van der Waals surface area contributed by atoms with E-state index >= 15 is 0 Å². The van der Waals surface area contributed by atoms with Gasteiger partial charge in [0, 0.05) is 36.2 Å². The third-order valence-electron chi connectivity index (χ3n) is 3.46. The van der Waals surface area contributed by atoms with Crippen LogP contribution in [-0.4, -0.2) is 44.7 Å². The van der Waals surface area contributed by atoms with Crippen LogP contribution < -0.4 is 10.6 Å². The van der Waals surface area contributed by atoms with Crippen LogP contribution in [0.2, 0.25) is 0 Å². The van der Waals surface area contributed by atoms with Crippen LogP contribution in [0, 0.1) is 0 Å². The molecule has 2 N–H and O–H groups in total. The van der Waals surface area contributed by atoms with Gasteiger partial charge in [-0.3, -0.25) is 4.90 Å². The van der Waals surface area contributed by atoms with Gasteiger partial charge in [-0.15, -0.1) is 0 Å². The first kappa shape index (κ1) is 13.0. The Kier molecular flexibility index (Phi) is 4.56. The van der Waals surface area contributed by atoms with Crippen LogP contribution in [0.15, 0.2) is 28.7 Å². The number of hydrogen-bond donors (Lipinski definition) is 2. The molecule has 1 aliphatic heterocycles. The van der Waals surface area contributed by atoms with Crippen molar-refractivity contribution in [2.24, 2.45) is 0 Å². The van der Waals surface area contributed by atoms with Crippen molar-refractivity contribution in [2.45, 2.75) is 12.1 Å². The maximum atomic E-state index is 3.54. The van der Waals surface area contributed by atoms with Crippen molar-refractivity contribution in [1.29, 1.82) is 0 Å². The molecule has 1 aromatic carbocycles. The van der Waals surface area contributed by atoms with Gasteiger partial charge >= 0.3 is 0 Å². The topological polar surface area (TPSA) is 27.3 Å². The van der Waals surface area contributed by atoms with Gasteiger partial charge in [0.1, 0.15) is 0 Å². The Bertz CT molecular complexity index is 369. The van der Waals surface area contributed by atoms with Gasteiger partial charge in [0.15, 0.2) is 0 Å². The van der Waals surface area contributed by atoms with Gasteiger partial charge in [-0.25, -0.2) is 0 Å². The zero-order valence-corrected chi connectivity index (χ0v) is 12.0. The lowest BCUT2D eigenvalue weighted by Gasteiger charge is -2.38. The van der Waals surface area contributed by atoms with Crippen molar-refractivity contribution in [2.75, 3.05) is 33.7 Å². The monoisotopic (exact) mass is 297 g/mol. The average Bonchev–Trinajstić information content (AvgIpc) is 2.33. The number of benzene rings is 1. The normalized spacial score (nSPS) is 23.6. The summed E-state index contributed by atoms with van der Waals surface area (Å²) in [4.78, 5) is 2.43. The maximum Gasteiger partial charge on any atom is 0.0488 e. The molecule has 0 radical (unpaired) electrons. The Balaban J connectivity index is 2.20. The molecular weight excluding hydrogens is 278 g/mol. The van der Waals surface area contributed by atoms with E-state index in [4.69, 9.17) is 0 Å². The lowest BCUT2D eigenvalue weighted by Crippen LogP contribution is -2.54. The van der Waals surface area contributed by atoms with E-state index in [1.54, 1.807) is 0 Å². The molecule has 1 aromatic rings. The third kappa shape index (κ3) is 3.07. The smallest absolute Gasteiger partial charge is 0.0488 e. The molecule has 0 aromatic heterocycles. The summed E-state index contributed by atoms with van der Waals surface area (Å²) in [6.07, 6.45) is 0. The number of piperazine rings is 1. The lowest BCUT2D eigenvalue weighted by atomic mass is 9.97. The van der Waals surface area contributed by atoms with Crippen LogP contribution in [-0.2, 0) is 0 Å². The first-order valence-corrected chi connectivity index (χ1v) is 6.85. The van der Waals surface area contributed by atoms with Gasteiger partial charge < -0.3 is 10.6 Å². The summed E-state index contributed by atoms with van der Waals surface area (Å²) in [6, 6.07) is 9.42. The van der Waals surface area contributed by atoms with Gasteiger partial charge in [0.05, 0.1) is 0 Å². The van der Waals surface area contributed by atoms with Crippen molar-refractivity contribution in [1.82, 2.24) is 15.5 Å². The summed E-state index contributed by atoms with van der Waals surface area (Å²) in [5.41, 5.74) is 1.34. The van der Waals surface area contributed by atoms with E-state index in [2.05, 4.69) is 62.8 Å². The van der Waals surface area contributed by atoms with Gasteiger partial charge in [-0.05, 0) is 31.8 Å². The van der Waals surface area contributed by atoms with Crippen LogP contribution in [0.3, 0.4) is 0 Å². The SMILES string of the molecule is CNC(c1cccc(Br)c1)C1CNCCN1C. The number of nitrogens with one attached hydrogen (secondary N) is 2.